The summed E-state index contributed by atoms with van der Waals surface area (Å²) in [5, 5.41) is -0.753. The van der Waals surface area contributed by atoms with Gasteiger partial charge in [0.25, 0.3) is 0 Å². The molecule has 2 unspecified atom stereocenters. The zero-order valence-electron chi connectivity index (χ0n) is 18.1. The summed E-state index contributed by atoms with van der Waals surface area (Å²) in [6.45, 7) is -1.60. The topological polar surface area (TPSA) is 94.6 Å². The summed E-state index contributed by atoms with van der Waals surface area (Å²) in [6.07, 6.45) is -8.73. The van der Waals surface area contributed by atoms with Gasteiger partial charge in [0.2, 0.25) is 5.43 Å². The second kappa shape index (κ2) is 8.71. The van der Waals surface area contributed by atoms with Crippen molar-refractivity contribution < 1.29 is 49.4 Å². The minimum atomic E-state index is -5.54. The van der Waals surface area contributed by atoms with Crippen molar-refractivity contribution in [2.45, 2.75) is 31.2 Å². The molecule has 1 saturated carbocycles. The van der Waals surface area contributed by atoms with Crippen molar-refractivity contribution >= 4 is 28.5 Å². The van der Waals surface area contributed by atoms with Gasteiger partial charge in [-0.15, -0.1) is 0 Å². The van der Waals surface area contributed by atoms with E-state index < -0.39 is 101 Å². The van der Waals surface area contributed by atoms with Crippen LogP contribution in [0.1, 0.15) is 29.2 Å². The van der Waals surface area contributed by atoms with Crippen LogP contribution in [0.5, 0.6) is 0 Å². The second-order valence-corrected chi connectivity index (χ2v) is 8.65. The molecule has 1 aromatic carbocycles. The first-order chi connectivity index (χ1) is 16.6. The van der Waals surface area contributed by atoms with Gasteiger partial charge in [0.1, 0.15) is 17.1 Å². The third-order valence-corrected chi connectivity index (χ3v) is 6.24. The van der Waals surface area contributed by atoms with Gasteiger partial charge in [-0.2, -0.15) is 26.3 Å². The number of halogens is 8. The molecule has 2 heterocycles. The van der Waals surface area contributed by atoms with Crippen LogP contribution < -0.4 is 16.1 Å². The number of nitrogens with zero attached hydrogens (tertiary/aromatic N) is 2. The van der Waals surface area contributed by atoms with E-state index in [0.717, 1.165) is 9.47 Å². The molecular weight excluding hydrogens is 510 g/mol. The number of esters is 2. The van der Waals surface area contributed by atoms with Crippen LogP contribution in [0.25, 0.3) is 10.9 Å². The molecule has 196 valence electrons. The Bertz CT molecular complexity index is 1300. The van der Waals surface area contributed by atoms with E-state index in [9.17, 15) is 40.7 Å². The minimum absolute atomic E-state index is 0.396. The molecule has 0 spiro atoms. The summed E-state index contributed by atoms with van der Waals surface area (Å²) >= 11 is 0. The lowest BCUT2D eigenvalue weighted by Crippen LogP contribution is -2.33. The van der Waals surface area contributed by atoms with Crippen LogP contribution in [0.3, 0.4) is 0 Å². The molecule has 2 N–H and O–H groups in total. The first kappa shape index (κ1) is 25.9. The van der Waals surface area contributed by atoms with Crippen molar-refractivity contribution in [2.75, 3.05) is 24.5 Å². The highest BCUT2D eigenvalue weighted by atomic mass is 19.4. The summed E-state index contributed by atoms with van der Waals surface area (Å²) in [6, 6.07) is -0.0422. The van der Waals surface area contributed by atoms with E-state index in [1.165, 1.54) is 0 Å². The van der Waals surface area contributed by atoms with Crippen LogP contribution in [0, 0.1) is 23.5 Å². The average Bonchev–Trinajstić information content (AvgIpc) is 3.51. The fraction of sp³-hybridized carbons (Fsp3) is 0.476. The van der Waals surface area contributed by atoms with E-state index in [2.05, 4.69) is 4.74 Å². The van der Waals surface area contributed by atoms with E-state index in [4.69, 9.17) is 5.73 Å². The third-order valence-electron chi connectivity index (χ3n) is 6.24. The van der Waals surface area contributed by atoms with Gasteiger partial charge < -0.3 is 19.9 Å². The van der Waals surface area contributed by atoms with Gasteiger partial charge >= 0.3 is 24.3 Å². The highest BCUT2D eigenvalue weighted by Crippen LogP contribution is 2.43. The lowest BCUT2D eigenvalue weighted by molar-refractivity contribution is -0.193. The molecule has 0 radical (unpaired) electrons. The van der Waals surface area contributed by atoms with Crippen LogP contribution in [-0.4, -0.2) is 48.5 Å². The van der Waals surface area contributed by atoms with Gasteiger partial charge in [-0.3, -0.25) is 4.79 Å². The summed E-state index contributed by atoms with van der Waals surface area (Å²) in [4.78, 5) is 36.8. The highest BCUT2D eigenvalue weighted by Gasteiger charge is 2.50. The van der Waals surface area contributed by atoms with Gasteiger partial charge in [-0.05, 0) is 25.5 Å². The average molecular weight is 527 g/mol. The zero-order valence-corrected chi connectivity index (χ0v) is 18.1. The molecule has 1 aliphatic heterocycles. The zero-order chi connectivity index (χ0) is 26.7. The SMILES string of the molecule is NCC1CN(c2c(F)cc3c(=O)c(C(=O)OC(=O)C(F)(F)F)cn(C4CC4)c3c2F)CC1C(F)(F)F. The van der Waals surface area contributed by atoms with Crippen LogP contribution in [-0.2, 0) is 9.53 Å². The maximum absolute atomic E-state index is 15.7. The number of nitrogens with two attached hydrogens (primary N) is 1. The smallest absolute Gasteiger partial charge is 0.382 e. The number of rotatable bonds is 4. The molecule has 2 atom stereocenters. The largest absolute Gasteiger partial charge is 0.491 e. The Kier molecular flexibility index (Phi) is 6.25. The van der Waals surface area contributed by atoms with E-state index in [1.54, 1.807) is 0 Å². The van der Waals surface area contributed by atoms with E-state index >= 15 is 8.78 Å². The Labute approximate surface area is 196 Å². The van der Waals surface area contributed by atoms with Gasteiger partial charge in [-0.1, -0.05) is 0 Å². The number of pyridine rings is 1. The van der Waals surface area contributed by atoms with Gasteiger partial charge in [0.05, 0.1) is 16.8 Å². The Morgan fingerprint density at radius 1 is 1.08 bits per heavy atom. The van der Waals surface area contributed by atoms with Crippen molar-refractivity contribution in [2.24, 2.45) is 17.6 Å². The Morgan fingerprint density at radius 2 is 1.72 bits per heavy atom. The number of carbonyl (C=O) groups is 2. The molecule has 1 aromatic heterocycles. The van der Waals surface area contributed by atoms with Gasteiger partial charge in [0.15, 0.2) is 5.82 Å². The van der Waals surface area contributed by atoms with E-state index in [-0.39, 0.29) is 0 Å². The third kappa shape index (κ3) is 4.51. The molecule has 4 rings (SSSR count). The molecule has 0 amide bonds. The number of fused-ring (bicyclic) bond motifs is 1. The molecule has 15 heteroatoms. The first-order valence-corrected chi connectivity index (χ1v) is 10.6. The van der Waals surface area contributed by atoms with Crippen LogP contribution in [0.2, 0.25) is 0 Å². The number of benzene rings is 1. The Morgan fingerprint density at radius 3 is 2.22 bits per heavy atom. The number of hydrogen-bond acceptors (Lipinski definition) is 6. The van der Waals surface area contributed by atoms with Crippen molar-refractivity contribution in [3.05, 3.63) is 39.7 Å². The molecule has 2 aromatic rings. The maximum atomic E-state index is 15.7. The summed E-state index contributed by atoms with van der Waals surface area (Å²) in [7, 11) is 0. The quantitative estimate of drug-likeness (QED) is 0.372. The molecule has 7 nitrogen and oxygen atoms in total. The van der Waals surface area contributed by atoms with E-state index in [0.29, 0.717) is 25.1 Å². The molecule has 0 bridgehead atoms. The summed E-state index contributed by atoms with van der Waals surface area (Å²) in [5.41, 5.74) is 1.57. The van der Waals surface area contributed by atoms with E-state index in [1.807, 2.05) is 0 Å². The molecule has 1 aliphatic carbocycles. The monoisotopic (exact) mass is 527 g/mol. The number of ether oxygens (including phenoxy) is 1. The number of alkyl halides is 6. The Balaban J connectivity index is 1.84. The molecule has 2 aliphatic rings. The van der Waals surface area contributed by atoms with Crippen molar-refractivity contribution in [3.63, 3.8) is 0 Å². The van der Waals surface area contributed by atoms with Gasteiger partial charge in [0, 0.05) is 31.2 Å². The lowest BCUT2D eigenvalue weighted by Gasteiger charge is -2.23. The minimum Gasteiger partial charge on any atom is -0.382 e. The van der Waals surface area contributed by atoms with Crippen molar-refractivity contribution in [1.82, 2.24) is 4.57 Å². The fourth-order valence-corrected chi connectivity index (χ4v) is 4.37. The van der Waals surface area contributed by atoms with Crippen LogP contribution >= 0.6 is 0 Å². The predicted molar refractivity (Wildman–Crippen MR) is 107 cm³/mol. The standard InChI is InChI=1S/C21H17F8N3O4/c22-13-3-10-15(14(23)16(13)31-5-8(4-30)12(7-31)20(24,25)26)32(9-1-2-9)6-11(17(10)33)18(34)36-19(35)21(27,28)29/h3,6,8-9,12H,1-2,4-5,7,30H2. The van der Waals surface area contributed by atoms with Crippen molar-refractivity contribution in [3.8, 4) is 0 Å². The number of hydrogen-bond donors (Lipinski definition) is 1. The second-order valence-electron chi connectivity index (χ2n) is 8.65. The summed E-state index contributed by atoms with van der Waals surface area (Å²) in [5.74, 6) is -10.8. The molecule has 36 heavy (non-hydrogen) atoms. The molecule has 1 saturated heterocycles. The number of carbonyl (C=O) groups excluding carboxylic acids is 2. The predicted octanol–water partition coefficient (Wildman–Crippen LogP) is 3.43. The Hall–Kier alpha value is -3.23. The molecule has 2 fully saturated rings. The number of anilines is 1. The fourth-order valence-electron chi connectivity index (χ4n) is 4.37. The van der Waals surface area contributed by atoms with Crippen molar-refractivity contribution in [1.29, 1.82) is 0 Å². The van der Waals surface area contributed by atoms with Crippen LogP contribution in [0.4, 0.5) is 40.8 Å². The first-order valence-electron chi connectivity index (χ1n) is 10.6. The normalized spacial score (nSPS) is 20.8. The van der Waals surface area contributed by atoms with Gasteiger partial charge in [-0.25, -0.2) is 18.4 Å². The lowest BCUT2D eigenvalue weighted by atomic mass is 9.96. The highest BCUT2D eigenvalue weighted by molar-refractivity contribution is 6.00. The van der Waals surface area contributed by atoms with Crippen LogP contribution in [0.15, 0.2) is 17.1 Å². The molecular formula is C21H17F8N3O4. The maximum Gasteiger partial charge on any atom is 0.491 e. The number of aromatic nitrogens is 1. The summed E-state index contributed by atoms with van der Waals surface area (Å²) < 4.78 is 113.